The highest BCUT2D eigenvalue weighted by molar-refractivity contribution is 7.99. The Morgan fingerprint density at radius 2 is 1.88 bits per heavy atom. The molecule has 0 unspecified atom stereocenters. The molecule has 6 heteroatoms. The lowest BCUT2D eigenvalue weighted by Gasteiger charge is -2.04. The molecule has 3 rings (SSSR count). The van der Waals surface area contributed by atoms with Gasteiger partial charge in [0.05, 0.1) is 18.6 Å². The number of anilines is 1. The summed E-state index contributed by atoms with van der Waals surface area (Å²) in [5.74, 6) is 2.29. The Kier molecular flexibility index (Phi) is 5.96. The summed E-state index contributed by atoms with van der Waals surface area (Å²) in [6.45, 7) is 2.01. The Balaban J connectivity index is 1.48. The number of aromatic nitrogens is 1. The summed E-state index contributed by atoms with van der Waals surface area (Å²) in [4.78, 5) is 16.5. The molecule has 3 aromatic rings. The van der Waals surface area contributed by atoms with Gasteiger partial charge in [0.25, 0.3) is 0 Å². The van der Waals surface area contributed by atoms with E-state index in [4.69, 9.17) is 9.15 Å². The smallest absolute Gasteiger partial charge is 0.234 e. The van der Waals surface area contributed by atoms with Gasteiger partial charge in [0.1, 0.15) is 12.0 Å². The molecule has 1 N–H and O–H groups in total. The summed E-state index contributed by atoms with van der Waals surface area (Å²) in [5, 5.41) is 2.88. The van der Waals surface area contributed by atoms with Crippen LogP contribution in [0.1, 0.15) is 11.3 Å². The average Bonchev–Trinajstić information content (AvgIpc) is 3.12. The third-order valence-electron chi connectivity index (χ3n) is 3.71. The molecule has 0 aliphatic heterocycles. The van der Waals surface area contributed by atoms with Gasteiger partial charge in [-0.2, -0.15) is 0 Å². The molecule has 1 heterocycles. The van der Waals surface area contributed by atoms with Crippen molar-refractivity contribution in [3.63, 3.8) is 0 Å². The van der Waals surface area contributed by atoms with Crippen molar-refractivity contribution in [2.24, 2.45) is 0 Å². The number of carbonyl (C=O) groups is 1. The highest BCUT2D eigenvalue weighted by Gasteiger charge is 2.08. The number of benzene rings is 2. The molecule has 0 saturated carbocycles. The van der Waals surface area contributed by atoms with Crippen LogP contribution in [0.2, 0.25) is 0 Å². The van der Waals surface area contributed by atoms with E-state index in [1.54, 1.807) is 13.4 Å². The second kappa shape index (κ2) is 8.58. The average molecular weight is 368 g/mol. The van der Waals surface area contributed by atoms with Gasteiger partial charge in [0, 0.05) is 17.0 Å². The second-order valence-electron chi connectivity index (χ2n) is 5.78. The minimum atomic E-state index is -0.0299. The number of amides is 1. The van der Waals surface area contributed by atoms with Gasteiger partial charge >= 0.3 is 0 Å². The standard InChI is InChI=1S/C20H20N2O3S/c1-14-3-7-16(8-4-14)21-19(23)13-26-12-17-11-25-20(22-17)15-5-9-18(24-2)10-6-15/h3-11H,12-13H2,1-2H3,(H,21,23). The summed E-state index contributed by atoms with van der Waals surface area (Å²) in [5.41, 5.74) is 3.67. The fraction of sp³-hybridized carbons (Fsp3) is 0.200. The molecule has 1 aromatic heterocycles. The van der Waals surface area contributed by atoms with E-state index >= 15 is 0 Å². The van der Waals surface area contributed by atoms with Crippen molar-refractivity contribution in [1.29, 1.82) is 0 Å². The number of ether oxygens (including phenoxy) is 1. The number of thioether (sulfide) groups is 1. The van der Waals surface area contributed by atoms with E-state index in [0.717, 1.165) is 28.3 Å². The maximum atomic E-state index is 12.0. The molecule has 1 amide bonds. The topological polar surface area (TPSA) is 64.4 Å². The normalized spacial score (nSPS) is 10.5. The third-order valence-corrected chi connectivity index (χ3v) is 4.67. The largest absolute Gasteiger partial charge is 0.497 e. The number of carbonyl (C=O) groups excluding carboxylic acids is 1. The van der Waals surface area contributed by atoms with Gasteiger partial charge in [-0.15, -0.1) is 11.8 Å². The Hall–Kier alpha value is -2.73. The first kappa shape index (κ1) is 18.1. The van der Waals surface area contributed by atoms with E-state index < -0.39 is 0 Å². The zero-order valence-corrected chi connectivity index (χ0v) is 15.5. The fourth-order valence-corrected chi connectivity index (χ4v) is 3.02. The zero-order valence-electron chi connectivity index (χ0n) is 14.7. The van der Waals surface area contributed by atoms with Crippen LogP contribution in [0.4, 0.5) is 5.69 Å². The van der Waals surface area contributed by atoms with Gasteiger partial charge in [0.2, 0.25) is 11.8 Å². The van der Waals surface area contributed by atoms with Crippen LogP contribution in [0.15, 0.2) is 59.2 Å². The van der Waals surface area contributed by atoms with Crippen molar-refractivity contribution < 1.29 is 13.9 Å². The molecule has 26 heavy (non-hydrogen) atoms. The molecule has 0 radical (unpaired) electrons. The molecule has 134 valence electrons. The molecule has 0 bridgehead atoms. The summed E-state index contributed by atoms with van der Waals surface area (Å²) in [6.07, 6.45) is 1.63. The van der Waals surface area contributed by atoms with Crippen LogP contribution in [-0.2, 0) is 10.5 Å². The number of oxazole rings is 1. The lowest BCUT2D eigenvalue weighted by Crippen LogP contribution is -2.14. The molecule has 5 nitrogen and oxygen atoms in total. The van der Waals surface area contributed by atoms with Crippen molar-refractivity contribution in [2.75, 3.05) is 18.2 Å². The number of aryl methyl sites for hydroxylation is 1. The quantitative estimate of drug-likeness (QED) is 0.664. The number of hydrogen-bond donors (Lipinski definition) is 1. The van der Waals surface area contributed by atoms with E-state index in [9.17, 15) is 4.79 Å². The van der Waals surface area contributed by atoms with E-state index in [1.165, 1.54) is 11.8 Å². The molecular formula is C20H20N2O3S. The molecule has 0 saturated heterocycles. The number of methoxy groups -OCH3 is 1. The highest BCUT2D eigenvalue weighted by Crippen LogP contribution is 2.23. The first-order valence-corrected chi connectivity index (χ1v) is 9.32. The molecule has 0 atom stereocenters. The molecular weight excluding hydrogens is 348 g/mol. The summed E-state index contributed by atoms with van der Waals surface area (Å²) < 4.78 is 10.7. The molecule has 0 aliphatic rings. The summed E-state index contributed by atoms with van der Waals surface area (Å²) >= 11 is 1.50. The highest BCUT2D eigenvalue weighted by atomic mass is 32.2. The van der Waals surface area contributed by atoms with Crippen LogP contribution < -0.4 is 10.1 Å². The zero-order chi connectivity index (χ0) is 18.4. The van der Waals surface area contributed by atoms with Crippen LogP contribution in [0.3, 0.4) is 0 Å². The van der Waals surface area contributed by atoms with Crippen LogP contribution in [0.5, 0.6) is 5.75 Å². The maximum Gasteiger partial charge on any atom is 0.234 e. The van der Waals surface area contributed by atoms with Crippen LogP contribution >= 0.6 is 11.8 Å². The number of hydrogen-bond acceptors (Lipinski definition) is 5. The van der Waals surface area contributed by atoms with Crippen molar-refractivity contribution in [2.45, 2.75) is 12.7 Å². The lowest BCUT2D eigenvalue weighted by molar-refractivity contribution is -0.113. The van der Waals surface area contributed by atoms with Crippen LogP contribution in [0, 0.1) is 6.92 Å². The Bertz CT molecular complexity index is 858. The minimum absolute atomic E-state index is 0.0299. The van der Waals surface area contributed by atoms with Gasteiger partial charge < -0.3 is 14.5 Å². The van der Waals surface area contributed by atoms with Crippen molar-refractivity contribution in [3.05, 3.63) is 66.1 Å². The lowest BCUT2D eigenvalue weighted by atomic mass is 10.2. The third kappa shape index (κ3) is 4.89. The Morgan fingerprint density at radius 3 is 2.58 bits per heavy atom. The SMILES string of the molecule is COc1ccc(-c2nc(CSCC(=O)Nc3ccc(C)cc3)co2)cc1. The van der Waals surface area contributed by atoms with Gasteiger partial charge in [-0.3, -0.25) is 4.79 Å². The van der Waals surface area contributed by atoms with Crippen LogP contribution in [-0.4, -0.2) is 23.8 Å². The molecule has 0 spiro atoms. The monoisotopic (exact) mass is 368 g/mol. The van der Waals surface area contributed by atoms with Gasteiger partial charge in [-0.05, 0) is 43.3 Å². The van der Waals surface area contributed by atoms with Crippen molar-refractivity contribution >= 4 is 23.4 Å². The minimum Gasteiger partial charge on any atom is -0.497 e. The Morgan fingerprint density at radius 1 is 1.15 bits per heavy atom. The summed E-state index contributed by atoms with van der Waals surface area (Å²) in [6, 6.07) is 15.3. The predicted molar refractivity (Wildman–Crippen MR) is 104 cm³/mol. The fourth-order valence-electron chi connectivity index (χ4n) is 2.32. The number of nitrogens with zero attached hydrogens (tertiary/aromatic N) is 1. The Labute approximate surface area is 156 Å². The molecule has 2 aromatic carbocycles. The first-order valence-electron chi connectivity index (χ1n) is 8.17. The molecule has 0 fully saturated rings. The predicted octanol–water partition coefficient (Wildman–Crippen LogP) is 4.53. The van der Waals surface area contributed by atoms with E-state index in [0.29, 0.717) is 17.4 Å². The van der Waals surface area contributed by atoms with Gasteiger partial charge in [-0.1, -0.05) is 17.7 Å². The number of rotatable bonds is 7. The summed E-state index contributed by atoms with van der Waals surface area (Å²) in [7, 11) is 1.63. The van der Waals surface area contributed by atoms with E-state index in [-0.39, 0.29) is 5.91 Å². The second-order valence-corrected chi connectivity index (χ2v) is 6.77. The van der Waals surface area contributed by atoms with E-state index in [1.807, 2.05) is 55.5 Å². The van der Waals surface area contributed by atoms with Gasteiger partial charge in [0.15, 0.2) is 0 Å². The van der Waals surface area contributed by atoms with E-state index in [2.05, 4.69) is 10.3 Å². The van der Waals surface area contributed by atoms with Crippen molar-refractivity contribution in [1.82, 2.24) is 4.98 Å². The molecule has 0 aliphatic carbocycles. The van der Waals surface area contributed by atoms with Crippen molar-refractivity contribution in [3.8, 4) is 17.2 Å². The first-order chi connectivity index (χ1) is 12.6. The van der Waals surface area contributed by atoms with Crippen LogP contribution in [0.25, 0.3) is 11.5 Å². The van der Waals surface area contributed by atoms with Gasteiger partial charge in [-0.25, -0.2) is 4.98 Å². The maximum absolute atomic E-state index is 12.0. The number of nitrogens with one attached hydrogen (secondary N) is 1.